The Morgan fingerprint density at radius 1 is 1.28 bits per heavy atom. The van der Waals surface area contributed by atoms with Crippen LogP contribution in [-0.4, -0.2) is 9.78 Å². The Morgan fingerprint density at radius 2 is 2.06 bits per heavy atom. The maximum Gasteiger partial charge on any atom is 0.0539 e. The van der Waals surface area contributed by atoms with Crippen molar-refractivity contribution < 1.29 is 0 Å². The first-order valence-electron chi connectivity index (χ1n) is 6.40. The third-order valence-corrected chi connectivity index (χ3v) is 3.06. The van der Waals surface area contributed by atoms with Crippen LogP contribution in [0, 0.1) is 13.8 Å². The largest absolute Gasteiger partial charge is 0.381 e. The van der Waals surface area contributed by atoms with Crippen LogP contribution in [-0.2, 0) is 6.54 Å². The van der Waals surface area contributed by atoms with E-state index >= 15 is 0 Å². The summed E-state index contributed by atoms with van der Waals surface area (Å²) in [6.45, 7) is 9.32. The van der Waals surface area contributed by atoms with E-state index in [0.29, 0.717) is 6.04 Å². The molecule has 1 aromatic heterocycles. The SMILES string of the molecule is Cc1ccc(C)c(NCc2cnn(C(C)C)c2)c1. The fraction of sp³-hybridized carbons (Fsp3) is 0.400. The van der Waals surface area contributed by atoms with E-state index in [9.17, 15) is 0 Å². The van der Waals surface area contributed by atoms with E-state index in [1.165, 1.54) is 22.4 Å². The van der Waals surface area contributed by atoms with E-state index in [0.717, 1.165) is 6.54 Å². The summed E-state index contributed by atoms with van der Waals surface area (Å²) in [6, 6.07) is 6.88. The fourth-order valence-electron chi connectivity index (χ4n) is 1.87. The molecule has 0 amide bonds. The van der Waals surface area contributed by atoms with Crippen molar-refractivity contribution in [2.24, 2.45) is 0 Å². The van der Waals surface area contributed by atoms with Crippen LogP contribution in [0.4, 0.5) is 5.69 Å². The van der Waals surface area contributed by atoms with Crippen LogP contribution in [0.3, 0.4) is 0 Å². The minimum atomic E-state index is 0.416. The predicted molar refractivity (Wildman–Crippen MR) is 75.9 cm³/mol. The summed E-state index contributed by atoms with van der Waals surface area (Å²) in [6.07, 6.45) is 4.03. The van der Waals surface area contributed by atoms with E-state index in [1.54, 1.807) is 0 Å². The second-order valence-corrected chi connectivity index (χ2v) is 5.09. The normalized spacial score (nSPS) is 10.9. The number of aromatic nitrogens is 2. The van der Waals surface area contributed by atoms with Crippen molar-refractivity contribution >= 4 is 5.69 Å². The monoisotopic (exact) mass is 243 g/mol. The summed E-state index contributed by atoms with van der Waals surface area (Å²) in [5, 5.41) is 7.81. The first-order valence-corrected chi connectivity index (χ1v) is 6.40. The number of hydrogen-bond acceptors (Lipinski definition) is 2. The van der Waals surface area contributed by atoms with Crippen molar-refractivity contribution in [2.75, 3.05) is 5.32 Å². The maximum atomic E-state index is 4.34. The number of hydrogen-bond donors (Lipinski definition) is 1. The zero-order valence-corrected chi connectivity index (χ0v) is 11.6. The van der Waals surface area contributed by atoms with E-state index in [2.05, 4.69) is 62.5 Å². The molecular weight excluding hydrogens is 222 g/mol. The Balaban J connectivity index is 2.04. The van der Waals surface area contributed by atoms with Crippen LogP contribution in [0.15, 0.2) is 30.6 Å². The van der Waals surface area contributed by atoms with Crippen LogP contribution in [0.25, 0.3) is 0 Å². The van der Waals surface area contributed by atoms with Crippen molar-refractivity contribution in [3.63, 3.8) is 0 Å². The van der Waals surface area contributed by atoms with E-state index in [1.807, 2.05) is 10.9 Å². The first-order chi connectivity index (χ1) is 8.56. The zero-order chi connectivity index (χ0) is 13.1. The maximum absolute atomic E-state index is 4.34. The van der Waals surface area contributed by atoms with Gasteiger partial charge in [-0.15, -0.1) is 0 Å². The minimum Gasteiger partial charge on any atom is -0.381 e. The molecule has 0 aliphatic carbocycles. The first kappa shape index (κ1) is 12.7. The molecule has 0 aliphatic rings. The van der Waals surface area contributed by atoms with Gasteiger partial charge in [0.2, 0.25) is 0 Å². The molecule has 3 heteroatoms. The van der Waals surface area contributed by atoms with Crippen molar-refractivity contribution in [3.8, 4) is 0 Å². The second kappa shape index (κ2) is 5.25. The molecule has 2 rings (SSSR count). The van der Waals surface area contributed by atoms with Gasteiger partial charge >= 0.3 is 0 Å². The molecule has 18 heavy (non-hydrogen) atoms. The van der Waals surface area contributed by atoms with Gasteiger partial charge in [0.05, 0.1) is 6.20 Å². The van der Waals surface area contributed by atoms with Crippen LogP contribution >= 0.6 is 0 Å². The van der Waals surface area contributed by atoms with Crippen LogP contribution in [0.5, 0.6) is 0 Å². The fourth-order valence-corrected chi connectivity index (χ4v) is 1.87. The lowest BCUT2D eigenvalue weighted by molar-refractivity contribution is 0.532. The number of anilines is 1. The molecule has 0 bridgehead atoms. The van der Waals surface area contributed by atoms with Gasteiger partial charge in [-0.25, -0.2) is 0 Å². The standard InChI is InChI=1S/C15H21N3/c1-11(2)18-10-14(9-17-18)8-16-15-7-12(3)5-6-13(15)4/h5-7,9-11,16H,8H2,1-4H3. The summed E-state index contributed by atoms with van der Waals surface area (Å²) < 4.78 is 1.99. The average molecular weight is 243 g/mol. The van der Waals surface area contributed by atoms with Crippen molar-refractivity contribution in [1.82, 2.24) is 9.78 Å². The Kier molecular flexibility index (Phi) is 3.70. The zero-order valence-electron chi connectivity index (χ0n) is 11.6. The van der Waals surface area contributed by atoms with Gasteiger partial charge in [-0.3, -0.25) is 4.68 Å². The van der Waals surface area contributed by atoms with Gasteiger partial charge < -0.3 is 5.32 Å². The molecule has 1 N–H and O–H groups in total. The van der Waals surface area contributed by atoms with Gasteiger partial charge in [-0.1, -0.05) is 12.1 Å². The molecule has 1 aromatic carbocycles. The lowest BCUT2D eigenvalue weighted by atomic mass is 10.1. The van der Waals surface area contributed by atoms with Gasteiger partial charge in [0, 0.05) is 30.0 Å². The van der Waals surface area contributed by atoms with E-state index < -0.39 is 0 Å². The predicted octanol–water partition coefficient (Wildman–Crippen LogP) is 3.69. The number of benzene rings is 1. The summed E-state index contributed by atoms with van der Waals surface area (Å²) in [5.74, 6) is 0. The van der Waals surface area contributed by atoms with Gasteiger partial charge in [0.15, 0.2) is 0 Å². The molecule has 96 valence electrons. The molecule has 2 aromatic rings. The number of rotatable bonds is 4. The second-order valence-electron chi connectivity index (χ2n) is 5.09. The Labute approximate surface area is 109 Å². The quantitative estimate of drug-likeness (QED) is 0.887. The summed E-state index contributed by atoms with van der Waals surface area (Å²) >= 11 is 0. The average Bonchev–Trinajstić information content (AvgIpc) is 2.79. The Bertz CT molecular complexity index is 526. The van der Waals surface area contributed by atoms with E-state index in [4.69, 9.17) is 0 Å². The van der Waals surface area contributed by atoms with Crippen molar-refractivity contribution in [1.29, 1.82) is 0 Å². The number of nitrogens with one attached hydrogen (secondary N) is 1. The van der Waals surface area contributed by atoms with Gasteiger partial charge in [-0.2, -0.15) is 5.10 Å². The lowest BCUT2D eigenvalue weighted by Gasteiger charge is -2.09. The highest BCUT2D eigenvalue weighted by molar-refractivity contribution is 5.52. The third kappa shape index (κ3) is 2.92. The van der Waals surface area contributed by atoms with Gasteiger partial charge in [0.25, 0.3) is 0 Å². The van der Waals surface area contributed by atoms with E-state index in [-0.39, 0.29) is 0 Å². The number of aryl methyl sites for hydroxylation is 2. The van der Waals surface area contributed by atoms with Gasteiger partial charge in [0.1, 0.15) is 0 Å². The topological polar surface area (TPSA) is 29.9 Å². The molecule has 0 aliphatic heterocycles. The molecule has 0 saturated carbocycles. The molecule has 0 radical (unpaired) electrons. The van der Waals surface area contributed by atoms with Crippen molar-refractivity contribution in [3.05, 3.63) is 47.3 Å². The summed E-state index contributed by atoms with van der Waals surface area (Å²) in [5.41, 5.74) is 4.97. The molecule has 0 saturated heterocycles. The molecule has 0 fully saturated rings. The molecule has 0 spiro atoms. The highest BCUT2D eigenvalue weighted by Gasteiger charge is 2.03. The smallest absolute Gasteiger partial charge is 0.0539 e. The minimum absolute atomic E-state index is 0.416. The Hall–Kier alpha value is -1.77. The number of nitrogens with zero attached hydrogens (tertiary/aromatic N) is 2. The van der Waals surface area contributed by atoms with Crippen LogP contribution in [0.1, 0.15) is 36.6 Å². The summed E-state index contributed by atoms with van der Waals surface area (Å²) in [4.78, 5) is 0. The Morgan fingerprint density at radius 3 is 2.72 bits per heavy atom. The highest BCUT2D eigenvalue weighted by atomic mass is 15.3. The van der Waals surface area contributed by atoms with Gasteiger partial charge in [-0.05, 0) is 44.9 Å². The van der Waals surface area contributed by atoms with Crippen LogP contribution < -0.4 is 5.32 Å². The van der Waals surface area contributed by atoms with Crippen LogP contribution in [0.2, 0.25) is 0 Å². The third-order valence-electron chi connectivity index (χ3n) is 3.06. The highest BCUT2D eigenvalue weighted by Crippen LogP contribution is 2.17. The molecule has 0 unspecified atom stereocenters. The molecule has 3 nitrogen and oxygen atoms in total. The molecule has 1 heterocycles. The van der Waals surface area contributed by atoms with Crippen molar-refractivity contribution in [2.45, 2.75) is 40.3 Å². The molecule has 0 atom stereocenters. The lowest BCUT2D eigenvalue weighted by Crippen LogP contribution is -2.02. The summed E-state index contributed by atoms with van der Waals surface area (Å²) in [7, 11) is 0. The molecular formula is C15H21N3.